The van der Waals surface area contributed by atoms with Gasteiger partial charge >= 0.3 is 0 Å². The molecule has 0 aliphatic carbocycles. The number of quaternary nitrogens is 1. The molecule has 2 amide bonds. The molecule has 7 heteroatoms. The Balaban J connectivity index is 1.85. The van der Waals surface area contributed by atoms with Crippen LogP contribution in [0.25, 0.3) is 0 Å². The predicted octanol–water partition coefficient (Wildman–Crippen LogP) is -1.54. The molecule has 22 heavy (non-hydrogen) atoms. The average molecular weight is 307 g/mol. The standard InChI is InChI=1S/C15H22N4O3/c1-18(10-14(16)20)11-15(21)17-12-2-4-13(5-3-12)19-6-8-22-9-7-19/h2-5H,6-11H2,1H3,(H2,16,20)(H,17,21)/p+1. The Morgan fingerprint density at radius 2 is 1.86 bits per heavy atom. The number of hydrogen-bond acceptors (Lipinski definition) is 4. The molecule has 1 atom stereocenters. The molecule has 2 rings (SSSR count). The van der Waals surface area contributed by atoms with E-state index in [0.29, 0.717) is 0 Å². The van der Waals surface area contributed by atoms with Gasteiger partial charge in [0.25, 0.3) is 11.8 Å². The van der Waals surface area contributed by atoms with E-state index in [1.807, 2.05) is 24.3 Å². The molecule has 0 bridgehead atoms. The highest BCUT2D eigenvalue weighted by atomic mass is 16.5. The molecule has 0 aromatic heterocycles. The zero-order valence-corrected chi connectivity index (χ0v) is 12.8. The highest BCUT2D eigenvalue weighted by Gasteiger charge is 2.13. The quantitative estimate of drug-likeness (QED) is 0.594. The summed E-state index contributed by atoms with van der Waals surface area (Å²) < 4.78 is 5.33. The van der Waals surface area contributed by atoms with Crippen molar-refractivity contribution in [3.8, 4) is 0 Å². The fourth-order valence-corrected chi connectivity index (χ4v) is 2.42. The van der Waals surface area contributed by atoms with Gasteiger partial charge < -0.3 is 25.6 Å². The van der Waals surface area contributed by atoms with Crippen LogP contribution in [0.4, 0.5) is 11.4 Å². The monoisotopic (exact) mass is 307 g/mol. The second-order valence-corrected chi connectivity index (χ2v) is 5.47. The molecule has 1 saturated heterocycles. The number of morpholine rings is 1. The summed E-state index contributed by atoms with van der Waals surface area (Å²) in [6.07, 6.45) is 0. The van der Waals surface area contributed by atoms with E-state index in [9.17, 15) is 9.59 Å². The number of amides is 2. The van der Waals surface area contributed by atoms with Crippen LogP contribution in [0.3, 0.4) is 0 Å². The lowest BCUT2D eigenvalue weighted by atomic mass is 10.2. The molecule has 1 aromatic rings. The first kappa shape index (κ1) is 16.3. The van der Waals surface area contributed by atoms with Crippen LogP contribution >= 0.6 is 0 Å². The van der Waals surface area contributed by atoms with E-state index in [4.69, 9.17) is 10.5 Å². The number of nitrogens with one attached hydrogen (secondary N) is 2. The van der Waals surface area contributed by atoms with E-state index < -0.39 is 5.91 Å². The molecule has 1 fully saturated rings. The Morgan fingerprint density at radius 1 is 1.23 bits per heavy atom. The number of benzene rings is 1. The molecule has 1 unspecified atom stereocenters. The van der Waals surface area contributed by atoms with Gasteiger partial charge in [0.05, 0.1) is 20.3 Å². The first-order valence-corrected chi connectivity index (χ1v) is 7.37. The Morgan fingerprint density at radius 3 is 2.45 bits per heavy atom. The van der Waals surface area contributed by atoms with Gasteiger partial charge in [0.2, 0.25) is 0 Å². The fourth-order valence-electron chi connectivity index (χ4n) is 2.42. The highest BCUT2D eigenvalue weighted by Crippen LogP contribution is 2.18. The largest absolute Gasteiger partial charge is 0.378 e. The van der Waals surface area contributed by atoms with E-state index in [2.05, 4.69) is 10.2 Å². The number of carbonyl (C=O) groups is 2. The molecule has 0 spiro atoms. The van der Waals surface area contributed by atoms with E-state index in [-0.39, 0.29) is 19.0 Å². The maximum atomic E-state index is 11.9. The van der Waals surface area contributed by atoms with Crippen LogP contribution in [0.2, 0.25) is 0 Å². The van der Waals surface area contributed by atoms with Crippen LogP contribution in [0.15, 0.2) is 24.3 Å². The van der Waals surface area contributed by atoms with E-state index in [1.165, 1.54) is 0 Å². The Bertz CT molecular complexity index is 512. The van der Waals surface area contributed by atoms with Gasteiger partial charge in [-0.15, -0.1) is 0 Å². The molecule has 1 aliphatic heterocycles. The SMILES string of the molecule is C[NH+](CC(N)=O)CC(=O)Nc1ccc(N2CCOCC2)cc1. The number of rotatable bonds is 6. The smallest absolute Gasteiger partial charge is 0.279 e. The molecular weight excluding hydrogens is 284 g/mol. The number of nitrogens with two attached hydrogens (primary N) is 1. The summed E-state index contributed by atoms with van der Waals surface area (Å²) in [5.41, 5.74) is 6.97. The fraction of sp³-hybridized carbons (Fsp3) is 0.467. The number of nitrogens with zero attached hydrogens (tertiary/aromatic N) is 1. The van der Waals surface area contributed by atoms with Crippen molar-refractivity contribution in [3.63, 3.8) is 0 Å². The number of likely N-dealkylation sites (N-methyl/N-ethyl adjacent to an activating group) is 1. The van der Waals surface area contributed by atoms with Gasteiger partial charge in [-0.3, -0.25) is 9.59 Å². The number of carbonyl (C=O) groups excluding carboxylic acids is 2. The molecule has 0 saturated carbocycles. The predicted molar refractivity (Wildman–Crippen MR) is 83.9 cm³/mol. The first-order valence-electron chi connectivity index (χ1n) is 7.37. The molecule has 120 valence electrons. The zero-order chi connectivity index (χ0) is 15.9. The number of primary amides is 1. The van der Waals surface area contributed by atoms with Gasteiger partial charge in [-0.05, 0) is 24.3 Å². The summed E-state index contributed by atoms with van der Waals surface area (Å²) in [5, 5.41) is 2.82. The second-order valence-electron chi connectivity index (χ2n) is 5.47. The van der Waals surface area contributed by atoms with E-state index >= 15 is 0 Å². The summed E-state index contributed by atoms with van der Waals surface area (Å²) in [6.45, 7) is 3.60. The van der Waals surface area contributed by atoms with Gasteiger partial charge in [0.1, 0.15) is 0 Å². The van der Waals surface area contributed by atoms with Crippen LogP contribution in [0.5, 0.6) is 0 Å². The maximum absolute atomic E-state index is 11.9. The summed E-state index contributed by atoms with van der Waals surface area (Å²) in [6, 6.07) is 7.74. The summed E-state index contributed by atoms with van der Waals surface area (Å²) in [7, 11) is 1.76. The third-order valence-corrected chi connectivity index (χ3v) is 3.47. The van der Waals surface area contributed by atoms with Crippen LogP contribution in [0.1, 0.15) is 0 Å². The molecule has 1 aliphatic rings. The van der Waals surface area contributed by atoms with Crippen molar-refractivity contribution in [3.05, 3.63) is 24.3 Å². The summed E-state index contributed by atoms with van der Waals surface area (Å²) >= 11 is 0. The number of anilines is 2. The van der Waals surface area contributed by atoms with E-state index in [1.54, 1.807) is 7.05 Å². The van der Waals surface area contributed by atoms with Crippen molar-refractivity contribution in [2.24, 2.45) is 5.73 Å². The van der Waals surface area contributed by atoms with Crippen molar-refractivity contribution in [2.45, 2.75) is 0 Å². The lowest BCUT2D eigenvalue weighted by Gasteiger charge is -2.28. The van der Waals surface area contributed by atoms with Crippen molar-refractivity contribution in [1.82, 2.24) is 0 Å². The van der Waals surface area contributed by atoms with Gasteiger partial charge in [-0.2, -0.15) is 0 Å². The molecule has 7 nitrogen and oxygen atoms in total. The Hall–Kier alpha value is -2.12. The van der Waals surface area contributed by atoms with Crippen LogP contribution < -0.4 is 20.9 Å². The first-order chi connectivity index (χ1) is 10.5. The lowest BCUT2D eigenvalue weighted by Crippen LogP contribution is -3.11. The van der Waals surface area contributed by atoms with Crippen molar-refractivity contribution in [2.75, 3.05) is 56.7 Å². The van der Waals surface area contributed by atoms with Crippen molar-refractivity contribution in [1.29, 1.82) is 0 Å². The van der Waals surface area contributed by atoms with Crippen molar-refractivity contribution < 1.29 is 19.2 Å². The Labute approximate surface area is 130 Å². The summed E-state index contributed by atoms with van der Waals surface area (Å²) in [4.78, 5) is 25.7. The van der Waals surface area contributed by atoms with E-state index in [0.717, 1.165) is 42.6 Å². The van der Waals surface area contributed by atoms with Gasteiger partial charge in [0.15, 0.2) is 13.1 Å². The summed E-state index contributed by atoms with van der Waals surface area (Å²) in [5.74, 6) is -0.557. The minimum Gasteiger partial charge on any atom is -0.378 e. The number of ether oxygens (including phenoxy) is 1. The average Bonchev–Trinajstić information content (AvgIpc) is 2.47. The molecule has 4 N–H and O–H groups in total. The Kier molecular flexibility index (Phi) is 5.74. The highest BCUT2D eigenvalue weighted by molar-refractivity contribution is 5.91. The molecule has 1 heterocycles. The van der Waals surface area contributed by atoms with Crippen LogP contribution in [-0.2, 0) is 14.3 Å². The third-order valence-electron chi connectivity index (χ3n) is 3.47. The van der Waals surface area contributed by atoms with Crippen molar-refractivity contribution >= 4 is 23.2 Å². The van der Waals surface area contributed by atoms with Gasteiger partial charge in [-0.25, -0.2) is 0 Å². The normalized spacial score (nSPS) is 16.1. The molecule has 1 aromatic carbocycles. The minimum absolute atomic E-state index is 0.141. The topological polar surface area (TPSA) is 89.1 Å². The molecular formula is C15H23N4O3+. The second kappa shape index (κ2) is 7.77. The lowest BCUT2D eigenvalue weighted by molar-refractivity contribution is -0.862. The van der Waals surface area contributed by atoms with Gasteiger partial charge in [0, 0.05) is 24.5 Å². The zero-order valence-electron chi connectivity index (χ0n) is 12.8. The van der Waals surface area contributed by atoms with Crippen LogP contribution in [-0.4, -0.2) is 58.3 Å². The maximum Gasteiger partial charge on any atom is 0.279 e. The molecule has 0 radical (unpaired) electrons. The number of hydrogen-bond donors (Lipinski definition) is 3. The van der Waals surface area contributed by atoms with Gasteiger partial charge in [-0.1, -0.05) is 0 Å². The minimum atomic E-state index is -0.417. The van der Waals surface area contributed by atoms with Crippen LogP contribution in [0, 0.1) is 0 Å². The third kappa shape index (κ3) is 5.01.